The summed E-state index contributed by atoms with van der Waals surface area (Å²) in [5.74, 6) is 0.190. The molecule has 0 radical (unpaired) electrons. The van der Waals surface area contributed by atoms with Crippen LogP contribution in [-0.2, 0) is 16.1 Å². The van der Waals surface area contributed by atoms with E-state index in [0.29, 0.717) is 5.89 Å². The molecule has 0 saturated heterocycles. The third-order valence-electron chi connectivity index (χ3n) is 3.49. The van der Waals surface area contributed by atoms with Crippen molar-refractivity contribution in [3.63, 3.8) is 0 Å². The first-order valence-corrected chi connectivity index (χ1v) is 8.92. The van der Waals surface area contributed by atoms with E-state index in [9.17, 15) is 14.9 Å². The fourth-order valence-corrected chi connectivity index (χ4v) is 2.89. The number of esters is 1. The van der Waals surface area contributed by atoms with E-state index in [1.165, 1.54) is 23.9 Å². The monoisotopic (exact) mass is 385 g/mol. The van der Waals surface area contributed by atoms with Gasteiger partial charge in [-0.25, -0.2) is 0 Å². The summed E-state index contributed by atoms with van der Waals surface area (Å²) in [5, 5.41) is 18.4. The zero-order valence-electron chi connectivity index (χ0n) is 14.3. The maximum absolute atomic E-state index is 11.8. The van der Waals surface area contributed by atoms with Crippen LogP contribution in [-0.4, -0.2) is 26.8 Å². The van der Waals surface area contributed by atoms with Crippen LogP contribution in [0.1, 0.15) is 11.5 Å². The average Bonchev–Trinajstić information content (AvgIpc) is 3.14. The van der Waals surface area contributed by atoms with E-state index >= 15 is 0 Å². The summed E-state index contributed by atoms with van der Waals surface area (Å²) >= 11 is 1.22. The maximum Gasteiger partial charge on any atom is 0.316 e. The molecule has 2 aromatic carbocycles. The molecule has 0 aliphatic rings. The molecule has 0 aliphatic carbocycles. The van der Waals surface area contributed by atoms with Crippen molar-refractivity contribution in [3.8, 4) is 11.5 Å². The van der Waals surface area contributed by atoms with Crippen LogP contribution in [0, 0.1) is 17.0 Å². The Labute approximate surface area is 158 Å². The predicted molar refractivity (Wildman–Crippen MR) is 98.1 cm³/mol. The quantitative estimate of drug-likeness (QED) is 0.262. The number of benzene rings is 2. The molecule has 0 amide bonds. The largest absolute Gasteiger partial charge is 0.455 e. The SMILES string of the molecule is Cc1cccc(-c2nnc(COC(=O)CSc3ccc([N+](=O)[O-])cc3)o2)c1. The molecule has 0 fully saturated rings. The topological polar surface area (TPSA) is 108 Å². The average molecular weight is 385 g/mol. The van der Waals surface area contributed by atoms with Gasteiger partial charge in [0.1, 0.15) is 0 Å². The highest BCUT2D eigenvalue weighted by Gasteiger charge is 2.12. The predicted octanol–water partition coefficient (Wildman–Crippen LogP) is 3.79. The Hall–Kier alpha value is -3.20. The Balaban J connectivity index is 1.48. The Kier molecular flexibility index (Phi) is 5.82. The van der Waals surface area contributed by atoms with Gasteiger partial charge < -0.3 is 9.15 Å². The van der Waals surface area contributed by atoms with E-state index < -0.39 is 10.9 Å². The van der Waals surface area contributed by atoms with Gasteiger partial charge in [0.25, 0.3) is 11.6 Å². The Morgan fingerprint density at radius 2 is 2.00 bits per heavy atom. The number of nitrogens with zero attached hydrogens (tertiary/aromatic N) is 3. The van der Waals surface area contributed by atoms with Crippen LogP contribution in [0.15, 0.2) is 57.8 Å². The molecule has 0 unspecified atom stereocenters. The van der Waals surface area contributed by atoms with Crippen LogP contribution in [0.3, 0.4) is 0 Å². The lowest BCUT2D eigenvalue weighted by Crippen LogP contribution is -2.07. The number of hydrogen-bond acceptors (Lipinski definition) is 8. The molecule has 27 heavy (non-hydrogen) atoms. The van der Waals surface area contributed by atoms with E-state index in [1.807, 2.05) is 31.2 Å². The number of carbonyl (C=O) groups is 1. The third kappa shape index (κ3) is 5.14. The molecule has 9 heteroatoms. The van der Waals surface area contributed by atoms with Crippen LogP contribution >= 0.6 is 11.8 Å². The second kappa shape index (κ2) is 8.45. The second-order valence-corrected chi connectivity index (χ2v) is 6.62. The molecule has 8 nitrogen and oxygen atoms in total. The first-order valence-electron chi connectivity index (χ1n) is 7.93. The minimum atomic E-state index is -0.474. The van der Waals surface area contributed by atoms with Crippen molar-refractivity contribution in [1.29, 1.82) is 0 Å². The fraction of sp³-hybridized carbons (Fsp3) is 0.167. The summed E-state index contributed by atoms with van der Waals surface area (Å²) in [6.07, 6.45) is 0. The second-order valence-electron chi connectivity index (χ2n) is 5.57. The molecule has 0 atom stereocenters. The Bertz CT molecular complexity index is 956. The van der Waals surface area contributed by atoms with Gasteiger partial charge in [-0.15, -0.1) is 22.0 Å². The molecule has 0 bridgehead atoms. The molecular weight excluding hydrogens is 370 g/mol. The highest BCUT2D eigenvalue weighted by Crippen LogP contribution is 2.22. The van der Waals surface area contributed by atoms with Crippen LogP contribution in [0.2, 0.25) is 0 Å². The summed E-state index contributed by atoms with van der Waals surface area (Å²) < 4.78 is 10.6. The van der Waals surface area contributed by atoms with Crippen LogP contribution in [0.25, 0.3) is 11.5 Å². The molecule has 1 aromatic heterocycles. The zero-order chi connectivity index (χ0) is 19.2. The molecular formula is C18H15N3O5S. The number of nitro benzene ring substituents is 1. The smallest absolute Gasteiger partial charge is 0.316 e. The molecule has 0 saturated carbocycles. The standard InChI is InChI=1S/C18H15N3O5S/c1-12-3-2-4-13(9-12)18-20-19-16(26-18)10-25-17(22)11-27-15-7-5-14(6-8-15)21(23)24/h2-9H,10-11H2,1H3. The lowest BCUT2D eigenvalue weighted by Gasteiger charge is -2.02. The highest BCUT2D eigenvalue weighted by molar-refractivity contribution is 8.00. The van der Waals surface area contributed by atoms with Gasteiger partial charge in [0.2, 0.25) is 5.89 Å². The zero-order valence-corrected chi connectivity index (χ0v) is 15.1. The minimum Gasteiger partial charge on any atom is -0.455 e. The minimum absolute atomic E-state index is 0.00253. The van der Waals surface area contributed by atoms with E-state index in [2.05, 4.69) is 10.2 Å². The lowest BCUT2D eigenvalue weighted by atomic mass is 10.1. The van der Waals surface area contributed by atoms with Gasteiger partial charge in [0.05, 0.1) is 10.7 Å². The Morgan fingerprint density at radius 1 is 1.22 bits per heavy atom. The van der Waals surface area contributed by atoms with Gasteiger partial charge in [0.15, 0.2) is 6.61 Å². The van der Waals surface area contributed by atoms with Gasteiger partial charge in [-0.05, 0) is 31.2 Å². The van der Waals surface area contributed by atoms with Crippen molar-refractivity contribution in [2.75, 3.05) is 5.75 Å². The number of aryl methyl sites for hydroxylation is 1. The van der Waals surface area contributed by atoms with Crippen molar-refractivity contribution < 1.29 is 18.9 Å². The first kappa shape index (κ1) is 18.6. The van der Waals surface area contributed by atoms with Crippen molar-refractivity contribution in [2.24, 2.45) is 0 Å². The van der Waals surface area contributed by atoms with Crippen molar-refractivity contribution in [2.45, 2.75) is 18.4 Å². The number of nitro groups is 1. The van der Waals surface area contributed by atoms with E-state index in [1.54, 1.807) is 12.1 Å². The van der Waals surface area contributed by atoms with Gasteiger partial charge in [-0.2, -0.15) is 0 Å². The van der Waals surface area contributed by atoms with Gasteiger partial charge in [0, 0.05) is 22.6 Å². The number of hydrogen-bond donors (Lipinski definition) is 0. The number of thioether (sulfide) groups is 1. The van der Waals surface area contributed by atoms with Crippen LogP contribution in [0.4, 0.5) is 5.69 Å². The summed E-state index contributed by atoms with van der Waals surface area (Å²) in [6.45, 7) is 1.85. The highest BCUT2D eigenvalue weighted by atomic mass is 32.2. The van der Waals surface area contributed by atoms with Gasteiger partial charge in [-0.1, -0.05) is 17.7 Å². The molecule has 1 heterocycles. The van der Waals surface area contributed by atoms with Gasteiger partial charge >= 0.3 is 5.97 Å². The van der Waals surface area contributed by atoms with Gasteiger partial charge in [-0.3, -0.25) is 14.9 Å². The molecule has 0 spiro atoms. The lowest BCUT2D eigenvalue weighted by molar-refractivity contribution is -0.384. The van der Waals surface area contributed by atoms with Crippen molar-refractivity contribution >= 4 is 23.4 Å². The molecule has 138 valence electrons. The molecule has 3 rings (SSSR count). The first-order chi connectivity index (χ1) is 13.0. The summed E-state index contributed by atoms with van der Waals surface area (Å²) in [5.41, 5.74) is 1.87. The summed E-state index contributed by atoms with van der Waals surface area (Å²) in [4.78, 5) is 22.7. The van der Waals surface area contributed by atoms with E-state index in [4.69, 9.17) is 9.15 Å². The third-order valence-corrected chi connectivity index (χ3v) is 4.48. The number of aromatic nitrogens is 2. The number of non-ortho nitro benzene ring substituents is 1. The van der Waals surface area contributed by atoms with E-state index in [-0.39, 0.29) is 23.9 Å². The van der Waals surface area contributed by atoms with Crippen molar-refractivity contribution in [1.82, 2.24) is 10.2 Å². The molecule has 0 aliphatic heterocycles. The number of rotatable bonds is 7. The molecule has 0 N–H and O–H groups in total. The normalized spacial score (nSPS) is 10.6. The number of ether oxygens (including phenoxy) is 1. The number of carbonyl (C=O) groups excluding carboxylic acids is 1. The van der Waals surface area contributed by atoms with Crippen LogP contribution < -0.4 is 0 Å². The summed E-state index contributed by atoms with van der Waals surface area (Å²) in [6, 6.07) is 13.6. The van der Waals surface area contributed by atoms with E-state index in [0.717, 1.165) is 16.0 Å². The Morgan fingerprint density at radius 3 is 2.70 bits per heavy atom. The van der Waals surface area contributed by atoms with Crippen LogP contribution in [0.5, 0.6) is 0 Å². The summed E-state index contributed by atoms with van der Waals surface area (Å²) in [7, 11) is 0. The van der Waals surface area contributed by atoms with Crippen molar-refractivity contribution in [3.05, 3.63) is 70.1 Å². The maximum atomic E-state index is 11.8. The fourth-order valence-electron chi connectivity index (χ4n) is 2.20. The molecule has 3 aromatic rings.